The van der Waals surface area contributed by atoms with Crippen LogP contribution in [0, 0.1) is 29.1 Å². The zero-order valence-electron chi connectivity index (χ0n) is 9.06. The van der Waals surface area contributed by atoms with Gasteiger partial charge in [0.1, 0.15) is 5.54 Å². The number of nitrogens with zero attached hydrogens (tertiary/aromatic N) is 1. The highest BCUT2D eigenvalue weighted by Crippen LogP contribution is 2.40. The van der Waals surface area contributed by atoms with Crippen LogP contribution < -0.4 is 5.32 Å². The molecule has 0 bridgehead atoms. The van der Waals surface area contributed by atoms with Gasteiger partial charge in [0, 0.05) is 0 Å². The summed E-state index contributed by atoms with van der Waals surface area (Å²) in [7, 11) is 0. The molecular weight excluding hydrogens is 172 g/mol. The van der Waals surface area contributed by atoms with Crippen LogP contribution in [0.5, 0.6) is 0 Å². The molecule has 1 aliphatic carbocycles. The van der Waals surface area contributed by atoms with Gasteiger partial charge >= 0.3 is 0 Å². The standard InChI is InChI=1S/C12H18N2/c1-4-8-14-12(10-13)7-5-6-11(2,3)9-12/h1,14H,5-9H2,2-3H3. The van der Waals surface area contributed by atoms with Gasteiger partial charge < -0.3 is 0 Å². The first kappa shape index (κ1) is 11.1. The minimum Gasteiger partial charge on any atom is -0.288 e. The van der Waals surface area contributed by atoms with Crippen molar-refractivity contribution in [2.75, 3.05) is 6.54 Å². The summed E-state index contributed by atoms with van der Waals surface area (Å²) < 4.78 is 0. The van der Waals surface area contributed by atoms with Crippen molar-refractivity contribution in [3.05, 3.63) is 0 Å². The van der Waals surface area contributed by atoms with Crippen LogP contribution in [-0.2, 0) is 0 Å². The Balaban J connectivity index is 2.70. The van der Waals surface area contributed by atoms with E-state index in [1.165, 1.54) is 6.42 Å². The first-order chi connectivity index (χ1) is 6.54. The minimum absolute atomic E-state index is 0.260. The molecule has 1 unspecified atom stereocenters. The van der Waals surface area contributed by atoms with E-state index in [9.17, 15) is 5.26 Å². The molecule has 1 rings (SSSR count). The number of nitriles is 1. The molecule has 0 heterocycles. The van der Waals surface area contributed by atoms with Crippen molar-refractivity contribution >= 4 is 0 Å². The second-order valence-corrected chi connectivity index (χ2v) is 4.95. The molecule has 2 nitrogen and oxygen atoms in total. The summed E-state index contributed by atoms with van der Waals surface area (Å²) in [6, 6.07) is 2.40. The van der Waals surface area contributed by atoms with Gasteiger partial charge in [0.15, 0.2) is 0 Å². The van der Waals surface area contributed by atoms with Crippen LogP contribution in [0.15, 0.2) is 0 Å². The predicted octanol–water partition coefficient (Wildman–Crippen LogP) is 2.07. The summed E-state index contributed by atoms with van der Waals surface area (Å²) in [6.45, 7) is 4.93. The van der Waals surface area contributed by atoms with E-state index in [2.05, 4.69) is 31.2 Å². The molecule has 0 saturated heterocycles. The minimum atomic E-state index is -0.381. The van der Waals surface area contributed by atoms with Crippen molar-refractivity contribution in [1.29, 1.82) is 5.26 Å². The number of hydrogen-bond donors (Lipinski definition) is 1. The fourth-order valence-electron chi connectivity index (χ4n) is 2.37. The highest BCUT2D eigenvalue weighted by atomic mass is 15.0. The van der Waals surface area contributed by atoms with Crippen LogP contribution in [0.1, 0.15) is 39.5 Å². The van der Waals surface area contributed by atoms with E-state index < -0.39 is 0 Å². The van der Waals surface area contributed by atoms with Gasteiger partial charge in [-0.1, -0.05) is 26.2 Å². The summed E-state index contributed by atoms with van der Waals surface area (Å²) in [5.74, 6) is 2.54. The summed E-state index contributed by atoms with van der Waals surface area (Å²) >= 11 is 0. The quantitative estimate of drug-likeness (QED) is 0.677. The van der Waals surface area contributed by atoms with Crippen LogP contribution >= 0.6 is 0 Å². The third kappa shape index (κ3) is 2.50. The third-order valence-electron chi connectivity index (χ3n) is 2.98. The maximum absolute atomic E-state index is 9.22. The van der Waals surface area contributed by atoms with Crippen molar-refractivity contribution < 1.29 is 0 Å². The first-order valence-corrected chi connectivity index (χ1v) is 5.13. The maximum atomic E-state index is 9.22. The van der Waals surface area contributed by atoms with E-state index in [1.54, 1.807) is 0 Å². The lowest BCUT2D eigenvalue weighted by atomic mass is 9.68. The van der Waals surface area contributed by atoms with E-state index in [-0.39, 0.29) is 11.0 Å². The van der Waals surface area contributed by atoms with E-state index in [4.69, 9.17) is 6.42 Å². The van der Waals surface area contributed by atoms with E-state index in [0.29, 0.717) is 6.54 Å². The molecule has 2 heteroatoms. The molecule has 1 atom stereocenters. The Kier molecular flexibility index (Phi) is 3.19. The van der Waals surface area contributed by atoms with Crippen LogP contribution in [0.2, 0.25) is 0 Å². The van der Waals surface area contributed by atoms with Gasteiger partial charge in [0.05, 0.1) is 12.6 Å². The molecule has 0 radical (unpaired) electrons. The van der Waals surface area contributed by atoms with E-state index in [1.807, 2.05) is 0 Å². The van der Waals surface area contributed by atoms with Gasteiger partial charge in [-0.05, 0) is 24.7 Å². The Bertz CT molecular complexity index is 280. The first-order valence-electron chi connectivity index (χ1n) is 5.13. The highest BCUT2D eigenvalue weighted by Gasteiger charge is 2.39. The number of hydrogen-bond acceptors (Lipinski definition) is 2. The van der Waals surface area contributed by atoms with Crippen molar-refractivity contribution in [3.63, 3.8) is 0 Å². The molecule has 0 aromatic heterocycles. The van der Waals surface area contributed by atoms with Crippen molar-refractivity contribution in [2.45, 2.75) is 45.1 Å². The van der Waals surface area contributed by atoms with Crippen LogP contribution in [0.25, 0.3) is 0 Å². The molecule has 0 amide bonds. The zero-order chi connectivity index (χ0) is 10.7. The number of rotatable bonds is 2. The lowest BCUT2D eigenvalue weighted by Crippen LogP contribution is -2.49. The second kappa shape index (κ2) is 4.03. The van der Waals surface area contributed by atoms with Gasteiger partial charge in [-0.2, -0.15) is 5.26 Å². The average Bonchev–Trinajstić information content (AvgIpc) is 2.13. The van der Waals surface area contributed by atoms with Gasteiger partial charge in [-0.15, -0.1) is 6.42 Å². The molecule has 14 heavy (non-hydrogen) atoms. The van der Waals surface area contributed by atoms with Crippen LogP contribution in [0.4, 0.5) is 0 Å². The molecule has 1 fully saturated rings. The highest BCUT2D eigenvalue weighted by molar-refractivity contribution is 5.12. The van der Waals surface area contributed by atoms with Gasteiger partial charge in [0.25, 0.3) is 0 Å². The van der Waals surface area contributed by atoms with Gasteiger partial charge in [-0.25, -0.2) is 0 Å². The normalized spacial score (nSPS) is 30.3. The molecule has 0 aromatic rings. The lowest BCUT2D eigenvalue weighted by Gasteiger charge is -2.40. The average molecular weight is 190 g/mol. The summed E-state index contributed by atoms with van der Waals surface area (Å²) in [5.41, 5.74) is -0.121. The van der Waals surface area contributed by atoms with Gasteiger partial charge in [-0.3, -0.25) is 5.32 Å². The van der Waals surface area contributed by atoms with E-state index >= 15 is 0 Å². The second-order valence-electron chi connectivity index (χ2n) is 4.95. The smallest absolute Gasteiger partial charge is 0.108 e. The Morgan fingerprint density at radius 2 is 2.14 bits per heavy atom. The monoisotopic (exact) mass is 190 g/mol. The molecule has 0 spiro atoms. The lowest BCUT2D eigenvalue weighted by molar-refractivity contribution is 0.161. The largest absolute Gasteiger partial charge is 0.288 e. The Morgan fingerprint density at radius 1 is 1.43 bits per heavy atom. The van der Waals surface area contributed by atoms with Crippen LogP contribution in [0.3, 0.4) is 0 Å². The summed E-state index contributed by atoms with van der Waals surface area (Å²) in [6.07, 6.45) is 9.34. The summed E-state index contributed by atoms with van der Waals surface area (Å²) in [5, 5.41) is 12.4. The fourth-order valence-corrected chi connectivity index (χ4v) is 2.37. The van der Waals surface area contributed by atoms with Crippen molar-refractivity contribution in [3.8, 4) is 18.4 Å². The van der Waals surface area contributed by atoms with Gasteiger partial charge in [0.2, 0.25) is 0 Å². The number of terminal acetylenes is 1. The SMILES string of the molecule is C#CCNC1(C#N)CCCC(C)(C)C1. The molecular formula is C12H18N2. The molecule has 1 saturated carbocycles. The topological polar surface area (TPSA) is 35.8 Å². The molecule has 1 aliphatic rings. The Labute approximate surface area is 86.7 Å². The maximum Gasteiger partial charge on any atom is 0.108 e. The van der Waals surface area contributed by atoms with Crippen LogP contribution in [-0.4, -0.2) is 12.1 Å². The van der Waals surface area contributed by atoms with E-state index in [0.717, 1.165) is 19.3 Å². The molecule has 0 aliphatic heterocycles. The predicted molar refractivity (Wildman–Crippen MR) is 57.4 cm³/mol. The molecule has 1 N–H and O–H groups in total. The Hall–Kier alpha value is -0.990. The fraction of sp³-hybridized carbons (Fsp3) is 0.750. The zero-order valence-corrected chi connectivity index (χ0v) is 9.06. The summed E-state index contributed by atoms with van der Waals surface area (Å²) in [4.78, 5) is 0. The number of nitrogens with one attached hydrogen (secondary N) is 1. The molecule has 76 valence electrons. The Morgan fingerprint density at radius 3 is 2.64 bits per heavy atom. The van der Waals surface area contributed by atoms with Crippen molar-refractivity contribution in [1.82, 2.24) is 5.32 Å². The third-order valence-corrected chi connectivity index (χ3v) is 2.98. The molecule has 0 aromatic carbocycles. The van der Waals surface area contributed by atoms with Crippen molar-refractivity contribution in [2.24, 2.45) is 5.41 Å².